The summed E-state index contributed by atoms with van der Waals surface area (Å²) in [6.45, 7) is 9.68. The van der Waals surface area contributed by atoms with E-state index in [1.165, 1.54) is 0 Å². The summed E-state index contributed by atoms with van der Waals surface area (Å²) in [7, 11) is 0. The van der Waals surface area contributed by atoms with E-state index in [0.717, 1.165) is 19.3 Å². The third kappa shape index (κ3) is 7.73. The Balaban J connectivity index is 2.16. The average molecular weight is 436 g/mol. The Hall–Kier alpha value is -2.28. The summed E-state index contributed by atoms with van der Waals surface area (Å²) in [4.78, 5) is 26.5. The Labute approximate surface area is 185 Å². The highest BCUT2D eigenvalue weighted by atomic mass is 16.5. The lowest BCUT2D eigenvalue weighted by atomic mass is 9.96. The van der Waals surface area contributed by atoms with Crippen LogP contribution in [0.4, 0.5) is 0 Å². The van der Waals surface area contributed by atoms with Gasteiger partial charge in [-0.2, -0.15) is 0 Å². The third-order valence-electron chi connectivity index (χ3n) is 5.31. The second-order valence-corrected chi connectivity index (χ2v) is 7.97. The van der Waals surface area contributed by atoms with Crippen molar-refractivity contribution in [3.05, 3.63) is 17.7 Å². The zero-order valence-corrected chi connectivity index (χ0v) is 19.2. The zero-order chi connectivity index (χ0) is 22.6. The molecule has 1 saturated heterocycles. The minimum Gasteiger partial charge on any atom is -0.493 e. The van der Waals surface area contributed by atoms with Gasteiger partial charge in [0.15, 0.2) is 5.78 Å². The minimum absolute atomic E-state index is 0.0281. The number of carbonyl (C=O) groups excluding carboxylic acids is 1. The third-order valence-corrected chi connectivity index (χ3v) is 5.31. The molecule has 174 valence electrons. The number of carboxylic acids is 1. The van der Waals surface area contributed by atoms with E-state index in [0.29, 0.717) is 81.5 Å². The second-order valence-electron chi connectivity index (χ2n) is 7.97. The number of rotatable bonds is 14. The Morgan fingerprint density at radius 1 is 0.935 bits per heavy atom. The number of piperidine rings is 1. The number of ketones is 1. The van der Waals surface area contributed by atoms with Gasteiger partial charge in [-0.1, -0.05) is 20.8 Å². The first-order valence-electron chi connectivity index (χ1n) is 11.5. The van der Waals surface area contributed by atoms with E-state index >= 15 is 0 Å². The van der Waals surface area contributed by atoms with Crippen LogP contribution in [0.15, 0.2) is 12.1 Å². The van der Waals surface area contributed by atoms with Gasteiger partial charge in [-0.05, 0) is 45.2 Å². The van der Waals surface area contributed by atoms with Gasteiger partial charge < -0.3 is 24.2 Å². The number of carboxylic acid groups (broad SMARTS) is 1. The first kappa shape index (κ1) is 25.0. The summed E-state index contributed by atoms with van der Waals surface area (Å²) in [6.07, 6.45) is 4.13. The van der Waals surface area contributed by atoms with Crippen molar-refractivity contribution >= 4 is 11.8 Å². The molecule has 0 atom stereocenters. The number of nitrogens with zero attached hydrogens (tertiary/aromatic N) is 1. The number of benzene rings is 1. The van der Waals surface area contributed by atoms with Crippen LogP contribution in [0.2, 0.25) is 0 Å². The van der Waals surface area contributed by atoms with Crippen LogP contribution in [0, 0.1) is 5.92 Å². The van der Waals surface area contributed by atoms with Gasteiger partial charge in [-0.15, -0.1) is 0 Å². The molecule has 0 saturated carbocycles. The fourth-order valence-corrected chi connectivity index (χ4v) is 3.58. The number of likely N-dealkylation sites (tertiary alicyclic amines) is 1. The maximum Gasteiger partial charge on any atom is 0.306 e. The Bertz CT molecular complexity index is 683. The van der Waals surface area contributed by atoms with Crippen molar-refractivity contribution in [1.29, 1.82) is 0 Å². The van der Waals surface area contributed by atoms with Crippen molar-refractivity contribution < 1.29 is 28.9 Å². The molecule has 0 aliphatic carbocycles. The summed E-state index contributed by atoms with van der Waals surface area (Å²) in [5.41, 5.74) is 0.478. The molecule has 0 unspecified atom stereocenters. The van der Waals surface area contributed by atoms with Crippen LogP contribution < -0.4 is 14.2 Å². The van der Waals surface area contributed by atoms with Crippen molar-refractivity contribution in [2.75, 3.05) is 39.5 Å². The SMILES string of the molecule is CCCOc1cc(OCCC)c(C(=O)CCN2CCC(C(=O)O)CC2)c(OCCC)c1. The Morgan fingerprint density at radius 3 is 1.94 bits per heavy atom. The van der Waals surface area contributed by atoms with E-state index in [2.05, 4.69) is 4.90 Å². The van der Waals surface area contributed by atoms with E-state index < -0.39 is 5.97 Å². The highest BCUT2D eigenvalue weighted by molar-refractivity contribution is 6.01. The van der Waals surface area contributed by atoms with E-state index in [-0.39, 0.29) is 11.7 Å². The van der Waals surface area contributed by atoms with Gasteiger partial charge in [0.2, 0.25) is 0 Å². The lowest BCUT2D eigenvalue weighted by Gasteiger charge is -2.29. The molecule has 1 aliphatic rings. The standard InChI is InChI=1S/C24H37NO6/c1-4-13-29-19-16-21(30-14-5-2)23(22(17-19)31-15-6-3)20(26)9-12-25-10-7-18(8-11-25)24(27)28/h16-18H,4-15H2,1-3H3,(H,27,28). The molecular weight excluding hydrogens is 398 g/mol. The molecule has 0 bridgehead atoms. The lowest BCUT2D eigenvalue weighted by molar-refractivity contribution is -0.143. The summed E-state index contributed by atoms with van der Waals surface area (Å²) >= 11 is 0. The average Bonchev–Trinajstić information content (AvgIpc) is 2.78. The van der Waals surface area contributed by atoms with E-state index in [9.17, 15) is 9.59 Å². The van der Waals surface area contributed by atoms with Gasteiger partial charge >= 0.3 is 5.97 Å². The number of aliphatic carboxylic acids is 1. The Morgan fingerprint density at radius 2 is 1.45 bits per heavy atom. The molecule has 31 heavy (non-hydrogen) atoms. The van der Waals surface area contributed by atoms with Gasteiger partial charge in [0.25, 0.3) is 0 Å². The molecule has 1 aliphatic heterocycles. The molecule has 0 aromatic heterocycles. The Kier molecular flexibility index (Phi) is 10.6. The number of carbonyl (C=O) groups is 2. The molecule has 2 rings (SSSR count). The maximum absolute atomic E-state index is 13.2. The van der Waals surface area contributed by atoms with Gasteiger partial charge in [-0.3, -0.25) is 9.59 Å². The van der Waals surface area contributed by atoms with E-state index in [1.807, 2.05) is 20.8 Å². The molecule has 1 aromatic carbocycles. The van der Waals surface area contributed by atoms with Crippen LogP contribution in [0.3, 0.4) is 0 Å². The predicted molar refractivity (Wildman–Crippen MR) is 120 cm³/mol. The lowest BCUT2D eigenvalue weighted by Crippen LogP contribution is -2.37. The summed E-state index contributed by atoms with van der Waals surface area (Å²) in [5, 5.41) is 9.16. The summed E-state index contributed by atoms with van der Waals surface area (Å²) in [5.74, 6) is 0.639. The summed E-state index contributed by atoms with van der Waals surface area (Å²) in [6, 6.07) is 3.57. The number of Topliss-reactive ketones (excluding diaryl/α,β-unsaturated/α-hetero) is 1. The number of hydrogen-bond acceptors (Lipinski definition) is 6. The van der Waals surface area contributed by atoms with Crippen molar-refractivity contribution in [3.8, 4) is 17.2 Å². The number of hydrogen-bond donors (Lipinski definition) is 1. The molecule has 1 heterocycles. The topological polar surface area (TPSA) is 85.3 Å². The van der Waals surface area contributed by atoms with Crippen LogP contribution in [0.25, 0.3) is 0 Å². The second kappa shape index (κ2) is 13.2. The molecule has 7 heteroatoms. The van der Waals surface area contributed by atoms with Crippen LogP contribution in [-0.4, -0.2) is 61.2 Å². The van der Waals surface area contributed by atoms with Crippen LogP contribution >= 0.6 is 0 Å². The first-order valence-corrected chi connectivity index (χ1v) is 11.5. The first-order chi connectivity index (χ1) is 15.0. The largest absolute Gasteiger partial charge is 0.493 e. The molecule has 0 spiro atoms. The zero-order valence-electron chi connectivity index (χ0n) is 19.2. The van der Waals surface area contributed by atoms with Crippen molar-refractivity contribution in [1.82, 2.24) is 4.90 Å². The van der Waals surface area contributed by atoms with Crippen LogP contribution in [0.1, 0.15) is 69.7 Å². The number of ether oxygens (including phenoxy) is 3. The van der Waals surface area contributed by atoms with E-state index in [1.54, 1.807) is 12.1 Å². The van der Waals surface area contributed by atoms with Gasteiger partial charge in [-0.25, -0.2) is 0 Å². The van der Waals surface area contributed by atoms with Crippen molar-refractivity contribution in [3.63, 3.8) is 0 Å². The quantitative estimate of drug-likeness (QED) is 0.433. The minimum atomic E-state index is -0.725. The molecule has 1 aromatic rings. The molecule has 1 N–H and O–H groups in total. The van der Waals surface area contributed by atoms with Crippen LogP contribution in [0.5, 0.6) is 17.2 Å². The normalized spacial score (nSPS) is 14.9. The highest BCUT2D eigenvalue weighted by Crippen LogP contribution is 2.36. The van der Waals surface area contributed by atoms with Crippen molar-refractivity contribution in [2.45, 2.75) is 59.3 Å². The molecule has 0 radical (unpaired) electrons. The fraction of sp³-hybridized carbons (Fsp3) is 0.667. The maximum atomic E-state index is 13.2. The molecule has 7 nitrogen and oxygen atoms in total. The monoisotopic (exact) mass is 435 g/mol. The fourth-order valence-electron chi connectivity index (χ4n) is 3.58. The highest BCUT2D eigenvalue weighted by Gasteiger charge is 2.26. The molecule has 0 amide bonds. The molecular formula is C24H37NO6. The van der Waals surface area contributed by atoms with Crippen LogP contribution in [-0.2, 0) is 4.79 Å². The predicted octanol–water partition coefficient (Wildman–Crippen LogP) is 4.42. The van der Waals surface area contributed by atoms with Crippen molar-refractivity contribution in [2.24, 2.45) is 5.92 Å². The van der Waals surface area contributed by atoms with E-state index in [4.69, 9.17) is 19.3 Å². The smallest absolute Gasteiger partial charge is 0.306 e. The van der Waals surface area contributed by atoms with Gasteiger partial charge in [0.1, 0.15) is 22.8 Å². The summed E-state index contributed by atoms with van der Waals surface area (Å²) < 4.78 is 17.6. The molecule has 1 fully saturated rings. The van der Waals surface area contributed by atoms with Gasteiger partial charge in [0.05, 0.1) is 25.7 Å². The van der Waals surface area contributed by atoms with Gasteiger partial charge in [0, 0.05) is 25.1 Å².